The molecular formula is C7H7NO3. The summed E-state index contributed by atoms with van der Waals surface area (Å²) in [5.74, 6) is 1.37. The first-order valence-electron chi connectivity index (χ1n) is 3.20. The lowest BCUT2D eigenvalue weighted by molar-refractivity contribution is 0.174. The first-order valence-corrected chi connectivity index (χ1v) is 3.20. The van der Waals surface area contributed by atoms with Gasteiger partial charge in [0.05, 0.1) is 5.69 Å². The minimum atomic E-state index is 0.254. The monoisotopic (exact) mass is 153 g/mol. The molecule has 2 rings (SSSR count). The fourth-order valence-electron chi connectivity index (χ4n) is 0.966. The lowest BCUT2D eigenvalue weighted by atomic mass is 10.3. The van der Waals surface area contributed by atoms with Crippen LogP contribution in [-0.2, 0) is 0 Å². The molecule has 0 bridgehead atoms. The zero-order valence-corrected chi connectivity index (χ0v) is 5.70. The van der Waals surface area contributed by atoms with E-state index in [1.807, 2.05) is 5.48 Å². The molecule has 0 aromatic heterocycles. The van der Waals surface area contributed by atoms with Crippen molar-refractivity contribution in [2.75, 3.05) is 12.3 Å². The first-order chi connectivity index (χ1) is 5.40. The number of nitrogens with one attached hydrogen (secondary N) is 1. The lowest BCUT2D eigenvalue weighted by Gasteiger charge is -1.98. The van der Waals surface area contributed by atoms with E-state index >= 15 is 0 Å². The van der Waals surface area contributed by atoms with E-state index < -0.39 is 0 Å². The molecule has 0 aliphatic carbocycles. The molecule has 58 valence electrons. The number of benzene rings is 1. The molecule has 1 aromatic carbocycles. The highest BCUT2D eigenvalue weighted by atomic mass is 16.7. The molecule has 0 amide bonds. The molecule has 2 N–H and O–H groups in total. The van der Waals surface area contributed by atoms with Gasteiger partial charge in [0.15, 0.2) is 11.5 Å². The van der Waals surface area contributed by atoms with Gasteiger partial charge in [-0.2, -0.15) is 0 Å². The summed E-state index contributed by atoms with van der Waals surface area (Å²) < 4.78 is 10.1. The van der Waals surface area contributed by atoms with E-state index in [0.717, 1.165) is 0 Å². The summed E-state index contributed by atoms with van der Waals surface area (Å²) in [6.45, 7) is 0.254. The Morgan fingerprint density at radius 3 is 2.91 bits per heavy atom. The Labute approximate surface area is 63.3 Å². The van der Waals surface area contributed by atoms with E-state index in [2.05, 4.69) is 0 Å². The highest BCUT2D eigenvalue weighted by molar-refractivity contribution is 5.54. The van der Waals surface area contributed by atoms with Crippen molar-refractivity contribution < 1.29 is 14.7 Å². The van der Waals surface area contributed by atoms with Crippen molar-refractivity contribution in [3.63, 3.8) is 0 Å². The molecule has 0 saturated carbocycles. The summed E-state index contributed by atoms with van der Waals surface area (Å²) in [6.07, 6.45) is 0. The van der Waals surface area contributed by atoms with Crippen LogP contribution in [0.2, 0.25) is 0 Å². The van der Waals surface area contributed by atoms with Gasteiger partial charge >= 0.3 is 0 Å². The molecule has 0 spiro atoms. The van der Waals surface area contributed by atoms with E-state index in [1.54, 1.807) is 18.2 Å². The molecule has 0 atom stereocenters. The van der Waals surface area contributed by atoms with Gasteiger partial charge in [0, 0.05) is 6.07 Å². The van der Waals surface area contributed by atoms with E-state index in [-0.39, 0.29) is 6.79 Å². The molecule has 4 nitrogen and oxygen atoms in total. The van der Waals surface area contributed by atoms with Crippen molar-refractivity contribution in [2.45, 2.75) is 0 Å². The molecule has 1 aliphatic rings. The third kappa shape index (κ3) is 0.969. The van der Waals surface area contributed by atoms with Gasteiger partial charge in [0.1, 0.15) is 0 Å². The zero-order chi connectivity index (χ0) is 7.68. The highest BCUT2D eigenvalue weighted by Crippen LogP contribution is 2.33. The number of fused-ring (bicyclic) bond motifs is 1. The van der Waals surface area contributed by atoms with Crippen molar-refractivity contribution in [1.29, 1.82) is 0 Å². The van der Waals surface area contributed by atoms with E-state index in [4.69, 9.17) is 14.7 Å². The summed E-state index contributed by atoms with van der Waals surface area (Å²) in [5.41, 5.74) is 2.61. The minimum Gasteiger partial charge on any atom is -0.454 e. The van der Waals surface area contributed by atoms with Crippen LogP contribution in [0.3, 0.4) is 0 Å². The number of ether oxygens (including phenoxy) is 2. The van der Waals surface area contributed by atoms with Gasteiger partial charge in [-0.1, -0.05) is 0 Å². The first kappa shape index (κ1) is 6.30. The molecule has 11 heavy (non-hydrogen) atoms. The Morgan fingerprint density at radius 1 is 1.27 bits per heavy atom. The third-order valence-corrected chi connectivity index (χ3v) is 1.50. The molecule has 1 aliphatic heterocycles. The Balaban J connectivity index is 2.41. The zero-order valence-electron chi connectivity index (χ0n) is 5.70. The maximum Gasteiger partial charge on any atom is 0.231 e. The van der Waals surface area contributed by atoms with Crippen molar-refractivity contribution in [2.24, 2.45) is 0 Å². The van der Waals surface area contributed by atoms with Gasteiger partial charge in [0.25, 0.3) is 0 Å². The van der Waals surface area contributed by atoms with Gasteiger partial charge in [-0.3, -0.25) is 10.7 Å². The fourth-order valence-corrected chi connectivity index (χ4v) is 0.966. The number of rotatable bonds is 1. The number of hydrogen-bond donors (Lipinski definition) is 2. The summed E-state index contributed by atoms with van der Waals surface area (Å²) in [7, 11) is 0. The highest BCUT2D eigenvalue weighted by Gasteiger charge is 2.12. The van der Waals surface area contributed by atoms with Crippen LogP contribution in [0.15, 0.2) is 18.2 Å². The van der Waals surface area contributed by atoms with Crippen LogP contribution < -0.4 is 15.0 Å². The quantitative estimate of drug-likeness (QED) is 0.595. The van der Waals surface area contributed by atoms with Gasteiger partial charge in [-0.15, -0.1) is 0 Å². The van der Waals surface area contributed by atoms with E-state index in [0.29, 0.717) is 17.2 Å². The molecular weight excluding hydrogens is 146 g/mol. The van der Waals surface area contributed by atoms with Crippen molar-refractivity contribution in [3.8, 4) is 11.5 Å². The van der Waals surface area contributed by atoms with Crippen LogP contribution in [0, 0.1) is 0 Å². The maximum atomic E-state index is 8.52. The SMILES string of the molecule is ONc1ccc2c(c1)OCO2. The van der Waals surface area contributed by atoms with Crippen LogP contribution in [0.1, 0.15) is 0 Å². The predicted molar refractivity (Wildman–Crippen MR) is 38.0 cm³/mol. The lowest BCUT2D eigenvalue weighted by Crippen LogP contribution is -1.93. The predicted octanol–water partition coefficient (Wildman–Crippen LogP) is 1.22. The average Bonchev–Trinajstić information content (AvgIpc) is 2.50. The summed E-state index contributed by atoms with van der Waals surface area (Å²) in [6, 6.07) is 5.11. The Morgan fingerprint density at radius 2 is 2.09 bits per heavy atom. The Hall–Kier alpha value is -1.42. The van der Waals surface area contributed by atoms with Gasteiger partial charge in [0.2, 0.25) is 6.79 Å². The standard InChI is InChI=1S/C7H7NO3/c9-8-5-1-2-6-7(3-5)11-4-10-6/h1-3,8-9H,4H2. The molecule has 1 heterocycles. The Bertz CT molecular complexity index is 274. The molecule has 0 radical (unpaired) electrons. The summed E-state index contributed by atoms with van der Waals surface area (Å²) in [5, 5.41) is 8.52. The van der Waals surface area contributed by atoms with Gasteiger partial charge < -0.3 is 9.47 Å². The van der Waals surface area contributed by atoms with E-state index in [9.17, 15) is 0 Å². The topological polar surface area (TPSA) is 50.7 Å². The van der Waals surface area contributed by atoms with Crippen LogP contribution >= 0.6 is 0 Å². The minimum absolute atomic E-state index is 0.254. The average molecular weight is 153 g/mol. The number of hydrogen-bond acceptors (Lipinski definition) is 4. The molecule has 0 fully saturated rings. The van der Waals surface area contributed by atoms with Crippen molar-refractivity contribution in [3.05, 3.63) is 18.2 Å². The van der Waals surface area contributed by atoms with Crippen molar-refractivity contribution in [1.82, 2.24) is 0 Å². The smallest absolute Gasteiger partial charge is 0.231 e. The molecule has 1 aromatic rings. The van der Waals surface area contributed by atoms with Crippen LogP contribution in [0.25, 0.3) is 0 Å². The third-order valence-electron chi connectivity index (χ3n) is 1.50. The van der Waals surface area contributed by atoms with Crippen LogP contribution in [0.5, 0.6) is 11.5 Å². The molecule has 0 unspecified atom stereocenters. The second-order valence-electron chi connectivity index (χ2n) is 2.18. The Kier molecular flexibility index (Phi) is 1.33. The second-order valence-corrected chi connectivity index (χ2v) is 2.18. The fraction of sp³-hybridized carbons (Fsp3) is 0.143. The normalized spacial score (nSPS) is 13.2. The van der Waals surface area contributed by atoms with Crippen LogP contribution in [0.4, 0.5) is 5.69 Å². The summed E-state index contributed by atoms with van der Waals surface area (Å²) in [4.78, 5) is 0. The largest absolute Gasteiger partial charge is 0.454 e. The second kappa shape index (κ2) is 2.32. The maximum absolute atomic E-state index is 8.52. The molecule has 0 saturated heterocycles. The molecule has 4 heteroatoms. The summed E-state index contributed by atoms with van der Waals surface area (Å²) >= 11 is 0. The van der Waals surface area contributed by atoms with Gasteiger partial charge in [-0.25, -0.2) is 0 Å². The van der Waals surface area contributed by atoms with Crippen LogP contribution in [-0.4, -0.2) is 12.0 Å². The number of anilines is 1. The van der Waals surface area contributed by atoms with Crippen molar-refractivity contribution >= 4 is 5.69 Å². The van der Waals surface area contributed by atoms with E-state index in [1.165, 1.54) is 0 Å². The van der Waals surface area contributed by atoms with Gasteiger partial charge in [-0.05, 0) is 12.1 Å².